The molecule has 1 heterocycles. The Kier molecular flexibility index (Phi) is 3.25. The summed E-state index contributed by atoms with van der Waals surface area (Å²) in [5, 5.41) is 9.38. The van der Waals surface area contributed by atoms with Crippen molar-refractivity contribution in [1.29, 1.82) is 0 Å². The number of aryl methyl sites for hydroxylation is 2. The molecule has 0 spiro atoms. The maximum Gasteiger partial charge on any atom is 0.378 e. The van der Waals surface area contributed by atoms with Crippen molar-refractivity contribution >= 4 is 23.1 Å². The van der Waals surface area contributed by atoms with Crippen LogP contribution in [0.1, 0.15) is 20.9 Å². The molecular weight excluding hydrogens is 250 g/mol. The van der Waals surface area contributed by atoms with Crippen LogP contribution in [0.4, 0.5) is 0 Å². The van der Waals surface area contributed by atoms with E-state index in [0.717, 1.165) is 22.5 Å². The number of ketones is 1. The largest absolute Gasteiger partial charge is 0.475 e. The molecule has 0 aliphatic rings. The molecule has 0 atom stereocenters. The molecule has 1 aromatic carbocycles. The summed E-state index contributed by atoms with van der Waals surface area (Å²) >= 11 is 1.12. The van der Waals surface area contributed by atoms with Crippen LogP contribution in [0.2, 0.25) is 0 Å². The molecule has 0 saturated carbocycles. The number of aromatic nitrogens is 1. The average molecular weight is 261 g/mol. The molecule has 0 amide bonds. The summed E-state index contributed by atoms with van der Waals surface area (Å²) in [7, 11) is 0. The molecule has 2 rings (SSSR count). The van der Waals surface area contributed by atoms with Crippen LogP contribution in [0, 0.1) is 13.8 Å². The molecule has 0 aliphatic heterocycles. The van der Waals surface area contributed by atoms with E-state index in [4.69, 9.17) is 5.11 Å². The normalized spacial score (nSPS) is 10.3. The van der Waals surface area contributed by atoms with Crippen LogP contribution in [0.3, 0.4) is 0 Å². The first-order chi connectivity index (χ1) is 8.49. The van der Waals surface area contributed by atoms with Gasteiger partial charge in [0.25, 0.3) is 5.78 Å². The SMILES string of the molecule is Cc1cccc(-c2nc(C)c(C(=O)C(=O)O)s2)c1. The maximum absolute atomic E-state index is 11.4. The molecule has 0 aliphatic carbocycles. The lowest BCUT2D eigenvalue weighted by Crippen LogP contribution is -2.12. The highest BCUT2D eigenvalue weighted by Gasteiger charge is 2.21. The van der Waals surface area contributed by atoms with Crippen LogP contribution in [-0.2, 0) is 4.79 Å². The van der Waals surface area contributed by atoms with E-state index in [1.165, 1.54) is 0 Å². The molecule has 0 bridgehead atoms. The number of carboxylic acid groups (broad SMARTS) is 1. The Labute approximate surface area is 108 Å². The van der Waals surface area contributed by atoms with Gasteiger partial charge in [0, 0.05) is 5.56 Å². The number of hydrogen-bond donors (Lipinski definition) is 1. The van der Waals surface area contributed by atoms with Gasteiger partial charge >= 0.3 is 5.97 Å². The molecule has 18 heavy (non-hydrogen) atoms. The summed E-state index contributed by atoms with van der Waals surface area (Å²) in [6.07, 6.45) is 0. The zero-order valence-electron chi connectivity index (χ0n) is 9.93. The van der Waals surface area contributed by atoms with Crippen LogP contribution in [0.25, 0.3) is 10.6 Å². The summed E-state index contributed by atoms with van der Waals surface area (Å²) < 4.78 is 0. The van der Waals surface area contributed by atoms with E-state index in [2.05, 4.69) is 4.98 Å². The second-order valence-corrected chi connectivity index (χ2v) is 4.94. The van der Waals surface area contributed by atoms with Gasteiger partial charge in [-0.05, 0) is 19.9 Å². The van der Waals surface area contributed by atoms with Gasteiger partial charge in [-0.25, -0.2) is 9.78 Å². The van der Waals surface area contributed by atoms with E-state index in [0.29, 0.717) is 10.7 Å². The topological polar surface area (TPSA) is 67.3 Å². The fourth-order valence-corrected chi connectivity index (χ4v) is 2.60. The zero-order valence-corrected chi connectivity index (χ0v) is 10.7. The molecule has 92 valence electrons. The number of Topliss-reactive ketones (excluding diaryl/α,β-unsaturated/α-hetero) is 1. The number of benzene rings is 1. The van der Waals surface area contributed by atoms with Crippen LogP contribution in [0.5, 0.6) is 0 Å². The summed E-state index contributed by atoms with van der Waals surface area (Å²) in [5.74, 6) is -2.35. The van der Waals surface area contributed by atoms with Gasteiger partial charge in [-0.1, -0.05) is 23.8 Å². The van der Waals surface area contributed by atoms with Gasteiger partial charge in [0.05, 0.1) is 5.69 Å². The van der Waals surface area contributed by atoms with E-state index < -0.39 is 11.8 Å². The summed E-state index contributed by atoms with van der Waals surface area (Å²) in [6.45, 7) is 3.61. The maximum atomic E-state index is 11.4. The predicted molar refractivity (Wildman–Crippen MR) is 69.0 cm³/mol. The molecule has 0 radical (unpaired) electrons. The average Bonchev–Trinajstić information content (AvgIpc) is 2.70. The summed E-state index contributed by atoms with van der Waals surface area (Å²) in [4.78, 5) is 26.6. The monoisotopic (exact) mass is 261 g/mol. The first-order valence-corrected chi connectivity index (χ1v) is 6.13. The van der Waals surface area contributed by atoms with Gasteiger partial charge < -0.3 is 5.11 Å². The fraction of sp³-hybridized carbons (Fsp3) is 0.154. The lowest BCUT2D eigenvalue weighted by Gasteiger charge is -1.96. The highest BCUT2D eigenvalue weighted by molar-refractivity contribution is 7.17. The lowest BCUT2D eigenvalue weighted by atomic mass is 10.1. The first kappa shape index (κ1) is 12.4. The van der Waals surface area contributed by atoms with Crippen LogP contribution in [0.15, 0.2) is 24.3 Å². The number of nitrogens with zero attached hydrogens (tertiary/aromatic N) is 1. The standard InChI is InChI=1S/C13H11NO3S/c1-7-4-3-5-9(6-7)12-14-8(2)11(18-12)10(15)13(16)17/h3-6H,1-2H3,(H,16,17). The van der Waals surface area contributed by atoms with Gasteiger partial charge in [0.15, 0.2) is 0 Å². The second kappa shape index (κ2) is 4.70. The van der Waals surface area contributed by atoms with Crippen molar-refractivity contribution in [1.82, 2.24) is 4.98 Å². The molecular formula is C13H11NO3S. The quantitative estimate of drug-likeness (QED) is 0.681. The molecule has 4 nitrogen and oxygen atoms in total. The molecule has 0 fully saturated rings. The summed E-state index contributed by atoms with van der Waals surface area (Å²) in [5.41, 5.74) is 2.45. The van der Waals surface area contributed by atoms with Gasteiger partial charge in [0.2, 0.25) is 0 Å². The molecule has 1 aromatic heterocycles. The van der Waals surface area contributed by atoms with Crippen molar-refractivity contribution in [2.45, 2.75) is 13.8 Å². The van der Waals surface area contributed by atoms with Crippen LogP contribution in [-0.4, -0.2) is 21.8 Å². The van der Waals surface area contributed by atoms with Crippen LogP contribution >= 0.6 is 11.3 Å². The minimum Gasteiger partial charge on any atom is -0.475 e. The number of hydrogen-bond acceptors (Lipinski definition) is 4. The Morgan fingerprint density at radius 2 is 2.00 bits per heavy atom. The van der Waals surface area contributed by atoms with E-state index in [9.17, 15) is 9.59 Å². The number of thiazole rings is 1. The highest BCUT2D eigenvalue weighted by Crippen LogP contribution is 2.28. The first-order valence-electron chi connectivity index (χ1n) is 5.31. The lowest BCUT2D eigenvalue weighted by molar-refractivity contribution is -0.131. The second-order valence-electron chi connectivity index (χ2n) is 3.94. The number of carbonyl (C=O) groups is 2. The smallest absolute Gasteiger partial charge is 0.378 e. The van der Waals surface area contributed by atoms with E-state index in [-0.39, 0.29) is 4.88 Å². The van der Waals surface area contributed by atoms with Crippen LogP contribution < -0.4 is 0 Å². The van der Waals surface area contributed by atoms with E-state index in [1.807, 2.05) is 31.2 Å². The van der Waals surface area contributed by atoms with E-state index >= 15 is 0 Å². The minimum atomic E-state index is -1.45. The number of aliphatic carboxylic acids is 1. The van der Waals surface area contributed by atoms with Gasteiger partial charge in [-0.2, -0.15) is 0 Å². The van der Waals surface area contributed by atoms with Crippen molar-refractivity contribution in [2.75, 3.05) is 0 Å². The zero-order chi connectivity index (χ0) is 13.3. The van der Waals surface area contributed by atoms with Gasteiger partial charge in [0.1, 0.15) is 9.88 Å². The fourth-order valence-electron chi connectivity index (χ4n) is 1.61. The third-order valence-electron chi connectivity index (χ3n) is 2.46. The Balaban J connectivity index is 2.46. The third kappa shape index (κ3) is 2.31. The van der Waals surface area contributed by atoms with Crippen molar-refractivity contribution in [3.05, 3.63) is 40.4 Å². The molecule has 0 saturated heterocycles. The number of carboxylic acids is 1. The van der Waals surface area contributed by atoms with Crippen molar-refractivity contribution in [2.24, 2.45) is 0 Å². The van der Waals surface area contributed by atoms with E-state index in [1.54, 1.807) is 6.92 Å². The molecule has 1 N–H and O–H groups in total. The molecule has 5 heteroatoms. The minimum absolute atomic E-state index is 0.194. The third-order valence-corrected chi connectivity index (χ3v) is 3.67. The Morgan fingerprint density at radius 1 is 1.28 bits per heavy atom. The highest BCUT2D eigenvalue weighted by atomic mass is 32.1. The van der Waals surface area contributed by atoms with Crippen molar-refractivity contribution < 1.29 is 14.7 Å². The van der Waals surface area contributed by atoms with Crippen molar-refractivity contribution in [3.8, 4) is 10.6 Å². The van der Waals surface area contributed by atoms with Gasteiger partial charge in [-0.3, -0.25) is 4.79 Å². The predicted octanol–water partition coefficient (Wildman–Crippen LogP) is 2.69. The Hall–Kier alpha value is -2.01. The van der Waals surface area contributed by atoms with Crippen molar-refractivity contribution in [3.63, 3.8) is 0 Å². The Bertz CT molecular complexity index is 631. The molecule has 2 aromatic rings. The Morgan fingerprint density at radius 3 is 2.61 bits per heavy atom. The molecule has 0 unspecified atom stereocenters. The number of rotatable bonds is 3. The van der Waals surface area contributed by atoms with Gasteiger partial charge in [-0.15, -0.1) is 11.3 Å². The summed E-state index contributed by atoms with van der Waals surface area (Å²) in [6, 6.07) is 7.71. The number of carbonyl (C=O) groups excluding carboxylic acids is 1.